The number of nitrogens with one attached hydrogen (secondary N) is 1. The first-order valence-electron chi connectivity index (χ1n) is 9.34. The number of para-hydroxylation sites is 2. The normalized spacial score (nSPS) is 11.6. The van der Waals surface area contributed by atoms with Crippen LogP contribution in [0.2, 0.25) is 0 Å². The van der Waals surface area contributed by atoms with E-state index in [1.807, 2.05) is 49.6 Å². The van der Waals surface area contributed by atoms with Gasteiger partial charge in [0.1, 0.15) is 0 Å². The predicted octanol–water partition coefficient (Wildman–Crippen LogP) is 4.14. The number of fused-ring (bicyclic) bond motifs is 1. The largest absolute Gasteiger partial charge is 0.305 e. The molecule has 0 bridgehead atoms. The van der Waals surface area contributed by atoms with Gasteiger partial charge in [-0.05, 0) is 51.1 Å². The Labute approximate surface area is 172 Å². The van der Waals surface area contributed by atoms with Crippen molar-refractivity contribution in [1.29, 1.82) is 0 Å². The first-order valence-corrected chi connectivity index (χ1v) is 9.34. The van der Waals surface area contributed by atoms with Crippen molar-refractivity contribution in [3.8, 4) is 5.69 Å². The van der Waals surface area contributed by atoms with Crippen molar-refractivity contribution in [2.75, 3.05) is 5.32 Å². The van der Waals surface area contributed by atoms with Crippen molar-refractivity contribution in [3.63, 3.8) is 0 Å². The lowest BCUT2D eigenvalue weighted by molar-refractivity contribution is -0.384. The van der Waals surface area contributed by atoms with Crippen LogP contribution in [0, 0.1) is 10.1 Å². The molecule has 0 saturated carbocycles. The molecule has 9 nitrogen and oxygen atoms in total. The summed E-state index contributed by atoms with van der Waals surface area (Å²) in [4.78, 5) is 27.7. The van der Waals surface area contributed by atoms with Crippen LogP contribution in [0.25, 0.3) is 16.7 Å². The number of aromatic nitrogens is 4. The Bertz CT molecular complexity index is 1250. The molecule has 4 rings (SSSR count). The summed E-state index contributed by atoms with van der Waals surface area (Å²) >= 11 is 0. The number of nitro benzene ring substituents is 1. The fourth-order valence-corrected chi connectivity index (χ4v) is 3.27. The lowest BCUT2D eigenvalue weighted by Crippen LogP contribution is -2.26. The van der Waals surface area contributed by atoms with E-state index in [0.717, 1.165) is 11.0 Å². The topological polar surface area (TPSA) is 108 Å². The van der Waals surface area contributed by atoms with Gasteiger partial charge in [0.05, 0.1) is 21.6 Å². The quantitative estimate of drug-likeness (QED) is 0.406. The highest BCUT2D eigenvalue weighted by molar-refractivity contribution is 6.02. The van der Waals surface area contributed by atoms with E-state index >= 15 is 0 Å². The van der Waals surface area contributed by atoms with Gasteiger partial charge in [-0.15, -0.1) is 0 Å². The summed E-state index contributed by atoms with van der Waals surface area (Å²) in [5.74, 6) is 0.0510. The Morgan fingerprint density at radius 1 is 1.07 bits per heavy atom. The van der Waals surface area contributed by atoms with Crippen LogP contribution in [0.3, 0.4) is 0 Å². The molecule has 2 aromatic carbocycles. The standard InChI is InChI=1S/C21H20N6O3/c1-21(2,3)26-18-7-5-4-6-16(18)22-20(26)23-19(28)17-12-13-25(24-17)14-8-10-15(11-9-14)27(29)30/h4-13H,1-3H3,(H,22,23,28). The minimum Gasteiger partial charge on any atom is -0.305 e. The number of carbonyl (C=O) groups excluding carboxylic acids is 1. The summed E-state index contributed by atoms with van der Waals surface area (Å²) in [6.45, 7) is 6.13. The van der Waals surface area contributed by atoms with E-state index in [2.05, 4.69) is 15.4 Å². The number of amides is 1. The molecule has 0 aliphatic carbocycles. The molecule has 0 aliphatic rings. The number of nitrogens with zero attached hydrogens (tertiary/aromatic N) is 5. The average Bonchev–Trinajstić information content (AvgIpc) is 3.32. The number of imidazole rings is 1. The molecule has 152 valence electrons. The minimum absolute atomic E-state index is 0.00930. The second-order valence-corrected chi connectivity index (χ2v) is 7.80. The number of anilines is 1. The highest BCUT2D eigenvalue weighted by Crippen LogP contribution is 2.28. The zero-order valence-corrected chi connectivity index (χ0v) is 16.7. The van der Waals surface area contributed by atoms with Gasteiger partial charge in [-0.3, -0.25) is 20.2 Å². The summed E-state index contributed by atoms with van der Waals surface area (Å²) in [6, 6.07) is 15.2. The Morgan fingerprint density at radius 2 is 1.77 bits per heavy atom. The van der Waals surface area contributed by atoms with Gasteiger partial charge in [0.15, 0.2) is 5.69 Å². The molecule has 0 fully saturated rings. The second kappa shape index (κ2) is 7.11. The lowest BCUT2D eigenvalue weighted by atomic mass is 10.1. The molecular weight excluding hydrogens is 384 g/mol. The maximum absolute atomic E-state index is 12.8. The summed E-state index contributed by atoms with van der Waals surface area (Å²) in [5, 5.41) is 18.0. The molecule has 30 heavy (non-hydrogen) atoms. The molecule has 1 amide bonds. The van der Waals surface area contributed by atoms with Crippen molar-refractivity contribution in [2.24, 2.45) is 0 Å². The molecular formula is C21H20N6O3. The second-order valence-electron chi connectivity index (χ2n) is 7.80. The van der Waals surface area contributed by atoms with Crippen LogP contribution in [-0.2, 0) is 5.54 Å². The monoisotopic (exact) mass is 404 g/mol. The third-order valence-electron chi connectivity index (χ3n) is 4.60. The van der Waals surface area contributed by atoms with Crippen LogP contribution >= 0.6 is 0 Å². The van der Waals surface area contributed by atoms with Gasteiger partial charge in [-0.2, -0.15) is 5.10 Å². The van der Waals surface area contributed by atoms with Gasteiger partial charge in [0.25, 0.3) is 11.6 Å². The molecule has 2 heterocycles. The molecule has 4 aromatic rings. The first kappa shape index (κ1) is 19.3. The maximum atomic E-state index is 12.8. The summed E-state index contributed by atoms with van der Waals surface area (Å²) < 4.78 is 3.47. The molecule has 0 atom stereocenters. The molecule has 0 unspecified atom stereocenters. The van der Waals surface area contributed by atoms with Gasteiger partial charge in [-0.25, -0.2) is 9.67 Å². The third-order valence-corrected chi connectivity index (χ3v) is 4.60. The fraction of sp³-hybridized carbons (Fsp3) is 0.190. The van der Waals surface area contributed by atoms with Crippen LogP contribution in [0.15, 0.2) is 60.8 Å². The van der Waals surface area contributed by atoms with E-state index in [1.165, 1.54) is 16.8 Å². The van der Waals surface area contributed by atoms with E-state index in [-0.39, 0.29) is 16.9 Å². The van der Waals surface area contributed by atoms with Gasteiger partial charge >= 0.3 is 0 Å². The van der Waals surface area contributed by atoms with E-state index in [0.29, 0.717) is 11.6 Å². The van der Waals surface area contributed by atoms with Crippen molar-refractivity contribution in [2.45, 2.75) is 26.3 Å². The molecule has 0 aliphatic heterocycles. The molecule has 0 spiro atoms. The number of nitro groups is 1. The average molecular weight is 404 g/mol. The smallest absolute Gasteiger partial charge is 0.278 e. The van der Waals surface area contributed by atoms with Gasteiger partial charge in [0.2, 0.25) is 5.95 Å². The summed E-state index contributed by atoms with van der Waals surface area (Å²) in [7, 11) is 0. The van der Waals surface area contributed by atoms with E-state index in [9.17, 15) is 14.9 Å². The maximum Gasteiger partial charge on any atom is 0.278 e. The Morgan fingerprint density at radius 3 is 2.43 bits per heavy atom. The summed E-state index contributed by atoms with van der Waals surface area (Å²) in [6.07, 6.45) is 1.63. The number of carbonyl (C=O) groups is 1. The van der Waals surface area contributed by atoms with Crippen molar-refractivity contribution in [3.05, 3.63) is 76.6 Å². The molecule has 9 heteroatoms. The van der Waals surface area contributed by atoms with E-state index in [1.54, 1.807) is 24.4 Å². The highest BCUT2D eigenvalue weighted by Gasteiger charge is 2.23. The zero-order valence-electron chi connectivity index (χ0n) is 16.7. The van der Waals surface area contributed by atoms with E-state index < -0.39 is 10.8 Å². The molecule has 2 aromatic heterocycles. The van der Waals surface area contributed by atoms with Crippen LogP contribution in [-0.4, -0.2) is 30.2 Å². The minimum atomic E-state index is -0.465. The highest BCUT2D eigenvalue weighted by atomic mass is 16.6. The summed E-state index contributed by atoms with van der Waals surface area (Å²) in [5.41, 5.74) is 2.24. The van der Waals surface area contributed by atoms with Crippen molar-refractivity contribution >= 4 is 28.6 Å². The van der Waals surface area contributed by atoms with Crippen molar-refractivity contribution < 1.29 is 9.72 Å². The predicted molar refractivity (Wildman–Crippen MR) is 113 cm³/mol. The van der Waals surface area contributed by atoms with Crippen LogP contribution in [0.5, 0.6) is 0 Å². The van der Waals surface area contributed by atoms with Gasteiger partial charge in [0, 0.05) is 23.9 Å². The first-order chi connectivity index (χ1) is 14.2. The molecule has 0 saturated heterocycles. The molecule has 0 radical (unpaired) electrons. The third kappa shape index (κ3) is 3.52. The number of hydrogen-bond acceptors (Lipinski definition) is 5. The Hall–Kier alpha value is -4.01. The zero-order chi connectivity index (χ0) is 21.5. The van der Waals surface area contributed by atoms with Crippen LogP contribution < -0.4 is 5.32 Å². The SMILES string of the molecule is CC(C)(C)n1c(NC(=O)c2ccn(-c3ccc([N+](=O)[O-])cc3)n2)nc2ccccc21. The number of hydrogen-bond donors (Lipinski definition) is 1. The van der Waals surface area contributed by atoms with E-state index in [4.69, 9.17) is 0 Å². The van der Waals surface area contributed by atoms with Crippen molar-refractivity contribution in [1.82, 2.24) is 19.3 Å². The lowest BCUT2D eigenvalue weighted by Gasteiger charge is -2.24. The van der Waals surface area contributed by atoms with Crippen LogP contribution in [0.4, 0.5) is 11.6 Å². The number of rotatable bonds is 4. The Balaban J connectivity index is 1.62. The van der Waals surface area contributed by atoms with Crippen LogP contribution in [0.1, 0.15) is 31.3 Å². The van der Waals surface area contributed by atoms with Gasteiger partial charge < -0.3 is 4.57 Å². The van der Waals surface area contributed by atoms with Gasteiger partial charge in [-0.1, -0.05) is 12.1 Å². The molecule has 1 N–H and O–H groups in total. The number of non-ortho nitro benzene ring substituents is 1. The fourth-order valence-electron chi connectivity index (χ4n) is 3.27. The Kier molecular flexibility index (Phi) is 4.57. The number of benzene rings is 2.